The molecular weight excluding hydrogens is 436 g/mol. The number of aromatic nitrogens is 2. The SMILES string of the molecule is O=C(Nc1ccccc1N1CCC(O)CC1)c1csc(N2CCN(c3ccccn3)CC2)n1. The van der Waals surface area contributed by atoms with E-state index in [0.29, 0.717) is 5.69 Å². The zero-order valence-corrected chi connectivity index (χ0v) is 19.2. The van der Waals surface area contributed by atoms with Gasteiger partial charge >= 0.3 is 0 Å². The topological polar surface area (TPSA) is 84.8 Å². The Balaban J connectivity index is 1.22. The van der Waals surface area contributed by atoms with E-state index in [1.165, 1.54) is 11.3 Å². The van der Waals surface area contributed by atoms with Gasteiger partial charge in [0.05, 0.1) is 17.5 Å². The van der Waals surface area contributed by atoms with Gasteiger partial charge in [-0.25, -0.2) is 9.97 Å². The molecule has 8 nitrogen and oxygen atoms in total. The van der Waals surface area contributed by atoms with Crippen molar-refractivity contribution in [3.8, 4) is 0 Å². The molecule has 3 aromatic rings. The molecule has 0 atom stereocenters. The van der Waals surface area contributed by atoms with Crippen LogP contribution in [0, 0.1) is 0 Å². The lowest BCUT2D eigenvalue weighted by Crippen LogP contribution is -2.46. The summed E-state index contributed by atoms with van der Waals surface area (Å²) in [5, 5.41) is 15.6. The Morgan fingerprint density at radius 2 is 1.67 bits per heavy atom. The highest BCUT2D eigenvalue weighted by molar-refractivity contribution is 7.14. The second kappa shape index (κ2) is 9.76. The number of piperidine rings is 1. The predicted octanol–water partition coefficient (Wildman–Crippen LogP) is 3.08. The third kappa shape index (κ3) is 4.94. The quantitative estimate of drug-likeness (QED) is 0.600. The maximum atomic E-state index is 13.0. The highest BCUT2D eigenvalue weighted by Crippen LogP contribution is 2.29. The summed E-state index contributed by atoms with van der Waals surface area (Å²) in [7, 11) is 0. The molecule has 2 fully saturated rings. The van der Waals surface area contributed by atoms with Crippen LogP contribution in [0.3, 0.4) is 0 Å². The monoisotopic (exact) mass is 464 g/mol. The summed E-state index contributed by atoms with van der Waals surface area (Å²) in [6.07, 6.45) is 3.07. The summed E-state index contributed by atoms with van der Waals surface area (Å²) in [4.78, 5) is 28.8. The summed E-state index contributed by atoms with van der Waals surface area (Å²) >= 11 is 1.51. The lowest BCUT2D eigenvalue weighted by molar-refractivity contribution is 0.102. The van der Waals surface area contributed by atoms with Crippen LogP contribution >= 0.6 is 11.3 Å². The minimum absolute atomic E-state index is 0.200. The van der Waals surface area contributed by atoms with E-state index in [9.17, 15) is 9.90 Å². The number of aliphatic hydroxyl groups is 1. The maximum Gasteiger partial charge on any atom is 0.275 e. The van der Waals surface area contributed by atoms with E-state index in [1.807, 2.05) is 54.0 Å². The normalized spacial score (nSPS) is 17.3. The first-order valence-electron chi connectivity index (χ1n) is 11.4. The number of hydrogen-bond donors (Lipinski definition) is 2. The minimum Gasteiger partial charge on any atom is -0.393 e. The number of carbonyl (C=O) groups excluding carboxylic acids is 1. The van der Waals surface area contributed by atoms with Crippen molar-refractivity contribution < 1.29 is 9.90 Å². The van der Waals surface area contributed by atoms with Crippen LogP contribution in [-0.4, -0.2) is 66.4 Å². The molecule has 1 amide bonds. The molecule has 9 heteroatoms. The molecule has 1 aromatic carbocycles. The second-order valence-electron chi connectivity index (χ2n) is 8.37. The molecule has 2 aromatic heterocycles. The number of thiazole rings is 1. The molecule has 4 heterocycles. The number of aliphatic hydroxyl groups excluding tert-OH is 1. The second-order valence-corrected chi connectivity index (χ2v) is 9.20. The summed E-state index contributed by atoms with van der Waals surface area (Å²) in [5.74, 6) is 0.798. The third-order valence-corrected chi connectivity index (χ3v) is 7.11. The smallest absolute Gasteiger partial charge is 0.275 e. The van der Waals surface area contributed by atoms with Crippen LogP contribution in [-0.2, 0) is 0 Å². The van der Waals surface area contributed by atoms with E-state index in [0.717, 1.165) is 74.4 Å². The molecule has 0 saturated carbocycles. The number of para-hydroxylation sites is 2. The zero-order chi connectivity index (χ0) is 22.6. The van der Waals surface area contributed by atoms with Crippen LogP contribution in [0.15, 0.2) is 54.0 Å². The number of hydrogen-bond acceptors (Lipinski definition) is 8. The fourth-order valence-electron chi connectivity index (χ4n) is 4.33. The van der Waals surface area contributed by atoms with Crippen molar-refractivity contribution in [2.75, 3.05) is 59.3 Å². The van der Waals surface area contributed by atoms with Crippen molar-refractivity contribution in [3.05, 3.63) is 59.7 Å². The van der Waals surface area contributed by atoms with Crippen molar-refractivity contribution >= 4 is 39.6 Å². The van der Waals surface area contributed by atoms with Gasteiger partial charge in [0.1, 0.15) is 11.5 Å². The zero-order valence-electron chi connectivity index (χ0n) is 18.4. The van der Waals surface area contributed by atoms with Gasteiger partial charge in [0.15, 0.2) is 5.13 Å². The molecule has 5 rings (SSSR count). The van der Waals surface area contributed by atoms with E-state index in [2.05, 4.69) is 30.0 Å². The third-order valence-electron chi connectivity index (χ3n) is 6.21. The number of nitrogens with one attached hydrogen (secondary N) is 1. The molecule has 2 aliphatic heterocycles. The van der Waals surface area contributed by atoms with Crippen molar-refractivity contribution in [1.29, 1.82) is 0 Å². The van der Waals surface area contributed by atoms with Crippen molar-refractivity contribution in [2.24, 2.45) is 0 Å². The number of pyridine rings is 1. The number of piperazine rings is 1. The fraction of sp³-hybridized carbons (Fsp3) is 0.375. The average molecular weight is 465 g/mol. The van der Waals surface area contributed by atoms with Gasteiger partial charge in [0.25, 0.3) is 5.91 Å². The Morgan fingerprint density at radius 3 is 2.42 bits per heavy atom. The molecule has 33 heavy (non-hydrogen) atoms. The molecular formula is C24H28N6O2S. The summed E-state index contributed by atoms with van der Waals surface area (Å²) < 4.78 is 0. The Hall–Kier alpha value is -3.17. The Labute approximate surface area is 197 Å². The van der Waals surface area contributed by atoms with Crippen LogP contribution in [0.5, 0.6) is 0 Å². The highest BCUT2D eigenvalue weighted by atomic mass is 32.1. The fourth-order valence-corrected chi connectivity index (χ4v) is 5.19. The first-order valence-corrected chi connectivity index (χ1v) is 12.3. The van der Waals surface area contributed by atoms with Gasteiger partial charge in [-0.1, -0.05) is 18.2 Å². The molecule has 0 radical (unpaired) electrons. The van der Waals surface area contributed by atoms with Crippen LogP contribution < -0.4 is 20.0 Å². The first-order chi connectivity index (χ1) is 16.2. The van der Waals surface area contributed by atoms with E-state index >= 15 is 0 Å². The van der Waals surface area contributed by atoms with Crippen molar-refractivity contribution in [2.45, 2.75) is 18.9 Å². The minimum atomic E-state index is -0.234. The molecule has 0 aliphatic carbocycles. The van der Waals surface area contributed by atoms with Crippen molar-refractivity contribution in [1.82, 2.24) is 9.97 Å². The van der Waals surface area contributed by atoms with Gasteiger partial charge < -0.3 is 25.1 Å². The first kappa shape index (κ1) is 21.7. The van der Waals surface area contributed by atoms with E-state index in [-0.39, 0.29) is 12.0 Å². The lowest BCUT2D eigenvalue weighted by atomic mass is 10.1. The molecule has 0 unspecified atom stereocenters. The van der Waals surface area contributed by atoms with Crippen LogP contribution in [0.2, 0.25) is 0 Å². The molecule has 0 bridgehead atoms. The maximum absolute atomic E-state index is 13.0. The molecule has 2 aliphatic rings. The predicted molar refractivity (Wildman–Crippen MR) is 133 cm³/mol. The molecule has 2 saturated heterocycles. The number of amides is 1. The summed E-state index contributed by atoms with van der Waals surface area (Å²) in [6, 6.07) is 13.8. The standard InChI is InChI=1S/C24H28N6O2S/c31-18-8-11-28(12-9-18)21-6-2-1-5-19(21)26-23(32)20-17-33-24(27-20)30-15-13-29(14-16-30)22-7-3-4-10-25-22/h1-7,10,17-18,31H,8-9,11-16H2,(H,26,32). The average Bonchev–Trinajstić information content (AvgIpc) is 3.36. The Kier molecular flexibility index (Phi) is 6.41. The number of anilines is 4. The largest absolute Gasteiger partial charge is 0.393 e. The van der Waals surface area contributed by atoms with Gasteiger partial charge in [-0.15, -0.1) is 11.3 Å². The Bertz CT molecular complexity index is 1080. The summed E-state index contributed by atoms with van der Waals surface area (Å²) in [6.45, 7) is 4.98. The van der Waals surface area contributed by atoms with Gasteiger partial charge in [-0.05, 0) is 37.1 Å². The van der Waals surface area contributed by atoms with E-state index in [4.69, 9.17) is 0 Å². The Morgan fingerprint density at radius 1 is 0.939 bits per heavy atom. The molecule has 0 spiro atoms. The van der Waals surface area contributed by atoms with E-state index < -0.39 is 0 Å². The van der Waals surface area contributed by atoms with Crippen LogP contribution in [0.25, 0.3) is 0 Å². The van der Waals surface area contributed by atoms with Gasteiger partial charge in [-0.3, -0.25) is 4.79 Å². The highest BCUT2D eigenvalue weighted by Gasteiger charge is 2.23. The van der Waals surface area contributed by atoms with Crippen molar-refractivity contribution in [3.63, 3.8) is 0 Å². The molecule has 2 N–H and O–H groups in total. The van der Waals surface area contributed by atoms with Crippen LogP contribution in [0.4, 0.5) is 22.3 Å². The van der Waals surface area contributed by atoms with Gasteiger partial charge in [0, 0.05) is 50.8 Å². The number of carbonyl (C=O) groups is 1. The van der Waals surface area contributed by atoms with Gasteiger partial charge in [-0.2, -0.15) is 0 Å². The number of rotatable bonds is 5. The van der Waals surface area contributed by atoms with Gasteiger partial charge in [0.2, 0.25) is 0 Å². The lowest BCUT2D eigenvalue weighted by Gasteiger charge is -2.35. The van der Waals surface area contributed by atoms with Crippen LogP contribution in [0.1, 0.15) is 23.3 Å². The number of benzene rings is 1. The number of nitrogens with zero attached hydrogens (tertiary/aromatic N) is 5. The summed E-state index contributed by atoms with van der Waals surface area (Å²) in [5.41, 5.74) is 2.20. The van der Waals surface area contributed by atoms with E-state index in [1.54, 1.807) is 0 Å². The molecule has 172 valence electrons.